The molecule has 2 rings (SSSR count). The maximum Gasteiger partial charge on any atom is 0.134 e. The summed E-state index contributed by atoms with van der Waals surface area (Å²) in [6.07, 6.45) is 1.67. The van der Waals surface area contributed by atoms with Crippen molar-refractivity contribution >= 4 is 31.9 Å². The molecule has 2 aromatic rings. The maximum atomic E-state index is 5.29. The van der Waals surface area contributed by atoms with E-state index in [4.69, 9.17) is 4.42 Å². The minimum atomic E-state index is 0.874. The predicted octanol–water partition coefficient (Wildman–Crippen LogP) is 4.47. The first-order valence-electron chi connectivity index (χ1n) is 3.76. The van der Waals surface area contributed by atoms with E-state index < -0.39 is 0 Å². The largest absolute Gasteiger partial charge is 0.464 e. The first-order valence-corrected chi connectivity index (χ1v) is 5.35. The highest BCUT2D eigenvalue weighted by molar-refractivity contribution is 9.11. The fourth-order valence-corrected chi connectivity index (χ4v) is 2.36. The predicted molar refractivity (Wildman–Crippen MR) is 59.5 cm³/mol. The van der Waals surface area contributed by atoms with Crippen molar-refractivity contribution in [1.82, 2.24) is 0 Å². The van der Waals surface area contributed by atoms with Gasteiger partial charge in [-0.15, -0.1) is 0 Å². The van der Waals surface area contributed by atoms with Crippen LogP contribution in [-0.4, -0.2) is 0 Å². The van der Waals surface area contributed by atoms with E-state index in [2.05, 4.69) is 31.9 Å². The smallest absolute Gasteiger partial charge is 0.134 e. The quantitative estimate of drug-likeness (QED) is 0.757. The summed E-state index contributed by atoms with van der Waals surface area (Å²) in [5.41, 5.74) is 1.06. The molecule has 66 valence electrons. The normalized spacial score (nSPS) is 10.3. The van der Waals surface area contributed by atoms with Gasteiger partial charge in [-0.05, 0) is 46.3 Å². The van der Waals surface area contributed by atoms with Crippen molar-refractivity contribution in [2.45, 2.75) is 0 Å². The van der Waals surface area contributed by atoms with Gasteiger partial charge in [-0.25, -0.2) is 0 Å². The lowest BCUT2D eigenvalue weighted by molar-refractivity contribution is 0.582. The van der Waals surface area contributed by atoms with Crippen molar-refractivity contribution in [2.24, 2.45) is 0 Å². The van der Waals surface area contributed by atoms with Crippen LogP contribution in [0.4, 0.5) is 0 Å². The first-order chi connectivity index (χ1) is 6.27. The lowest BCUT2D eigenvalue weighted by Crippen LogP contribution is -1.76. The Kier molecular flexibility index (Phi) is 2.56. The molecule has 0 aliphatic heterocycles. The minimum absolute atomic E-state index is 0.874. The Bertz CT molecular complexity index is 407. The zero-order valence-corrected chi connectivity index (χ0v) is 9.80. The molecule has 0 N–H and O–H groups in total. The average molecular weight is 302 g/mol. The Labute approximate surface area is 93.0 Å². The summed E-state index contributed by atoms with van der Waals surface area (Å²) in [4.78, 5) is 0. The number of hydrogen-bond acceptors (Lipinski definition) is 1. The Hall–Kier alpha value is -0.540. The second-order valence-electron chi connectivity index (χ2n) is 2.60. The van der Waals surface area contributed by atoms with Crippen LogP contribution >= 0.6 is 31.9 Å². The summed E-state index contributed by atoms with van der Waals surface area (Å²) in [5.74, 6) is 0.874. The zero-order chi connectivity index (χ0) is 9.26. The van der Waals surface area contributed by atoms with Crippen molar-refractivity contribution in [3.63, 3.8) is 0 Å². The molecule has 0 radical (unpaired) electrons. The van der Waals surface area contributed by atoms with Gasteiger partial charge in [0.15, 0.2) is 0 Å². The molecule has 0 bridgehead atoms. The second-order valence-corrected chi connectivity index (χ2v) is 4.37. The highest BCUT2D eigenvalue weighted by atomic mass is 79.9. The fourth-order valence-electron chi connectivity index (χ4n) is 1.12. The number of furan rings is 1. The molecule has 0 saturated carbocycles. The molecular weight excluding hydrogens is 296 g/mol. The van der Waals surface area contributed by atoms with Gasteiger partial charge in [0, 0.05) is 14.5 Å². The highest BCUT2D eigenvalue weighted by Gasteiger charge is 2.04. The van der Waals surface area contributed by atoms with Gasteiger partial charge >= 0.3 is 0 Å². The molecule has 1 nitrogen and oxygen atoms in total. The van der Waals surface area contributed by atoms with Crippen molar-refractivity contribution < 1.29 is 4.42 Å². The van der Waals surface area contributed by atoms with Gasteiger partial charge in [-0.2, -0.15) is 0 Å². The van der Waals surface area contributed by atoms with Crippen LogP contribution in [0, 0.1) is 0 Å². The van der Waals surface area contributed by atoms with E-state index in [-0.39, 0.29) is 0 Å². The van der Waals surface area contributed by atoms with Crippen LogP contribution < -0.4 is 0 Å². The molecule has 0 aliphatic carbocycles. The number of rotatable bonds is 1. The van der Waals surface area contributed by atoms with Crippen LogP contribution in [0.5, 0.6) is 0 Å². The molecule has 1 aromatic carbocycles. The Morgan fingerprint density at radius 2 is 1.92 bits per heavy atom. The van der Waals surface area contributed by atoms with Gasteiger partial charge in [0.1, 0.15) is 5.76 Å². The molecule has 3 heteroatoms. The summed E-state index contributed by atoms with van der Waals surface area (Å²) in [5, 5.41) is 0. The fraction of sp³-hybridized carbons (Fsp3) is 0. The van der Waals surface area contributed by atoms with E-state index in [0.717, 1.165) is 20.3 Å². The second kappa shape index (κ2) is 3.68. The van der Waals surface area contributed by atoms with E-state index in [1.165, 1.54) is 0 Å². The average Bonchev–Trinajstić information content (AvgIpc) is 2.56. The molecule has 0 atom stereocenters. The molecule has 0 fully saturated rings. The lowest BCUT2D eigenvalue weighted by atomic mass is 10.2. The van der Waals surface area contributed by atoms with Gasteiger partial charge in [-0.3, -0.25) is 0 Å². The van der Waals surface area contributed by atoms with Crippen LogP contribution in [0.1, 0.15) is 0 Å². The lowest BCUT2D eigenvalue weighted by Gasteiger charge is -2.00. The van der Waals surface area contributed by atoms with E-state index in [0.29, 0.717) is 0 Å². The molecule has 13 heavy (non-hydrogen) atoms. The van der Waals surface area contributed by atoms with Gasteiger partial charge < -0.3 is 4.42 Å². The van der Waals surface area contributed by atoms with Crippen molar-refractivity contribution in [1.29, 1.82) is 0 Å². The van der Waals surface area contributed by atoms with Gasteiger partial charge in [0.25, 0.3) is 0 Å². The minimum Gasteiger partial charge on any atom is -0.464 e. The molecule has 1 heterocycles. The molecule has 0 unspecified atom stereocenters. The number of hydrogen-bond donors (Lipinski definition) is 0. The van der Waals surface area contributed by atoms with Crippen molar-refractivity contribution in [2.75, 3.05) is 0 Å². The molecule has 0 spiro atoms. The van der Waals surface area contributed by atoms with E-state index in [9.17, 15) is 0 Å². The third kappa shape index (κ3) is 1.86. The van der Waals surface area contributed by atoms with E-state index in [1.54, 1.807) is 6.26 Å². The monoisotopic (exact) mass is 300 g/mol. The van der Waals surface area contributed by atoms with E-state index in [1.807, 2.05) is 30.3 Å². The van der Waals surface area contributed by atoms with Gasteiger partial charge in [-0.1, -0.05) is 15.9 Å². The topological polar surface area (TPSA) is 13.1 Å². The summed E-state index contributed by atoms with van der Waals surface area (Å²) in [6, 6.07) is 9.81. The SMILES string of the molecule is Brc1ccc(-c2ccco2)c(Br)c1. The summed E-state index contributed by atoms with van der Waals surface area (Å²) in [6.45, 7) is 0. The molecule has 0 saturated heterocycles. The third-order valence-corrected chi connectivity index (χ3v) is 2.87. The van der Waals surface area contributed by atoms with Crippen LogP contribution in [0.15, 0.2) is 50.0 Å². The van der Waals surface area contributed by atoms with Crippen LogP contribution in [0.3, 0.4) is 0 Å². The third-order valence-electron chi connectivity index (χ3n) is 1.72. The standard InChI is InChI=1S/C10H6Br2O/c11-7-3-4-8(9(12)6-7)10-2-1-5-13-10/h1-6H. The van der Waals surface area contributed by atoms with Crippen LogP contribution in [0.25, 0.3) is 11.3 Å². The van der Waals surface area contributed by atoms with Crippen LogP contribution in [-0.2, 0) is 0 Å². The van der Waals surface area contributed by atoms with Crippen LogP contribution in [0.2, 0.25) is 0 Å². The number of benzene rings is 1. The zero-order valence-electron chi connectivity index (χ0n) is 6.63. The van der Waals surface area contributed by atoms with Crippen molar-refractivity contribution in [3.05, 3.63) is 45.5 Å². The Morgan fingerprint density at radius 1 is 1.08 bits per heavy atom. The Balaban J connectivity index is 2.53. The maximum absolute atomic E-state index is 5.29. The van der Waals surface area contributed by atoms with E-state index >= 15 is 0 Å². The molecule has 1 aromatic heterocycles. The van der Waals surface area contributed by atoms with Crippen molar-refractivity contribution in [3.8, 4) is 11.3 Å². The molecule has 0 aliphatic rings. The molecular formula is C10H6Br2O. The molecule has 0 amide bonds. The van der Waals surface area contributed by atoms with Gasteiger partial charge in [0.2, 0.25) is 0 Å². The first kappa shape index (κ1) is 9.03. The Morgan fingerprint density at radius 3 is 2.54 bits per heavy atom. The summed E-state index contributed by atoms with van der Waals surface area (Å²) >= 11 is 6.88. The number of halogens is 2. The summed E-state index contributed by atoms with van der Waals surface area (Å²) < 4.78 is 7.37. The highest BCUT2D eigenvalue weighted by Crippen LogP contribution is 2.30. The summed E-state index contributed by atoms with van der Waals surface area (Å²) in [7, 11) is 0. The van der Waals surface area contributed by atoms with Gasteiger partial charge in [0.05, 0.1) is 6.26 Å².